The first-order chi connectivity index (χ1) is 13.6. The molecule has 0 bridgehead atoms. The number of nitrogens with one attached hydrogen (secondary N) is 2. The van der Waals surface area contributed by atoms with E-state index in [1.165, 1.54) is 36.4 Å². The van der Waals surface area contributed by atoms with Crippen LogP contribution in [0.15, 0.2) is 59.5 Å². The third-order valence-electron chi connectivity index (χ3n) is 4.24. The number of carbonyl (C=O) groups is 1. The van der Waals surface area contributed by atoms with E-state index in [-0.39, 0.29) is 23.0 Å². The molecule has 0 aromatic heterocycles. The number of carbonyl (C=O) groups excluding carboxylic acids is 1. The van der Waals surface area contributed by atoms with Crippen molar-refractivity contribution >= 4 is 21.6 Å². The summed E-state index contributed by atoms with van der Waals surface area (Å²) < 4.78 is 27.4. The Bertz CT molecular complexity index is 946. The summed E-state index contributed by atoms with van der Waals surface area (Å²) in [5, 5.41) is 23.4. The Labute approximate surface area is 169 Å². The van der Waals surface area contributed by atoms with Crippen LogP contribution in [-0.2, 0) is 14.8 Å². The fraction of sp³-hybridized carbons (Fsp3) is 0.316. The van der Waals surface area contributed by atoms with E-state index in [0.717, 1.165) is 0 Å². The zero-order valence-corrected chi connectivity index (χ0v) is 16.8. The fourth-order valence-electron chi connectivity index (χ4n) is 2.57. The minimum Gasteiger partial charge on any atom is -0.387 e. The smallest absolute Gasteiger partial charge is 0.269 e. The van der Waals surface area contributed by atoms with Crippen molar-refractivity contribution in [1.82, 2.24) is 10.0 Å². The van der Waals surface area contributed by atoms with E-state index < -0.39 is 33.0 Å². The van der Waals surface area contributed by atoms with Gasteiger partial charge < -0.3 is 10.4 Å². The number of nitro benzene ring substituents is 1. The number of amides is 1. The normalized spacial score (nSPS) is 13.7. The Morgan fingerprint density at radius 1 is 1.10 bits per heavy atom. The van der Waals surface area contributed by atoms with Gasteiger partial charge >= 0.3 is 0 Å². The van der Waals surface area contributed by atoms with Crippen molar-refractivity contribution in [2.45, 2.75) is 30.9 Å². The SMILES string of the molecule is CC(C)[C@H](NS(=O)(=O)c1ccccc1)C(=O)NCC(O)c1ccc([N+](=O)[O-])cc1. The number of benzene rings is 2. The molecule has 0 fully saturated rings. The third-order valence-corrected chi connectivity index (χ3v) is 5.70. The molecule has 3 N–H and O–H groups in total. The Balaban J connectivity index is 2.03. The van der Waals surface area contributed by atoms with E-state index in [9.17, 15) is 28.4 Å². The lowest BCUT2D eigenvalue weighted by molar-refractivity contribution is -0.384. The van der Waals surface area contributed by atoms with E-state index in [1.807, 2.05) is 0 Å². The van der Waals surface area contributed by atoms with Gasteiger partial charge in [-0.15, -0.1) is 0 Å². The van der Waals surface area contributed by atoms with Gasteiger partial charge in [0.2, 0.25) is 15.9 Å². The third kappa shape index (κ3) is 6.08. The molecule has 0 saturated carbocycles. The molecular formula is C19H23N3O6S. The number of aliphatic hydroxyl groups is 1. The van der Waals surface area contributed by atoms with Crippen molar-refractivity contribution in [3.05, 3.63) is 70.3 Å². The van der Waals surface area contributed by atoms with Crippen molar-refractivity contribution < 1.29 is 23.2 Å². The molecule has 0 aliphatic heterocycles. The van der Waals surface area contributed by atoms with Gasteiger partial charge in [0.05, 0.1) is 15.9 Å². The summed E-state index contributed by atoms with van der Waals surface area (Å²) in [5.41, 5.74) is 0.280. The number of non-ortho nitro benzene ring substituents is 1. The van der Waals surface area contributed by atoms with E-state index in [4.69, 9.17) is 0 Å². The molecule has 0 spiro atoms. The van der Waals surface area contributed by atoms with Crippen LogP contribution in [0.1, 0.15) is 25.5 Å². The van der Waals surface area contributed by atoms with Crippen LogP contribution in [0.5, 0.6) is 0 Å². The van der Waals surface area contributed by atoms with E-state index >= 15 is 0 Å². The predicted octanol–water partition coefficient (Wildman–Crippen LogP) is 1.75. The summed E-state index contributed by atoms with van der Waals surface area (Å²) in [7, 11) is -3.89. The highest BCUT2D eigenvalue weighted by atomic mass is 32.2. The Morgan fingerprint density at radius 3 is 2.21 bits per heavy atom. The van der Waals surface area contributed by atoms with Crippen LogP contribution in [-0.4, -0.2) is 36.9 Å². The summed E-state index contributed by atoms with van der Waals surface area (Å²) >= 11 is 0. The van der Waals surface area contributed by atoms with Gasteiger partial charge in [0.25, 0.3) is 5.69 Å². The maximum atomic E-state index is 12.5. The van der Waals surface area contributed by atoms with Gasteiger partial charge in [-0.05, 0) is 35.7 Å². The molecule has 156 valence electrons. The van der Waals surface area contributed by atoms with E-state index in [1.54, 1.807) is 32.0 Å². The lowest BCUT2D eigenvalue weighted by atomic mass is 10.0. The lowest BCUT2D eigenvalue weighted by Crippen LogP contribution is -2.50. The topological polar surface area (TPSA) is 139 Å². The summed E-state index contributed by atoms with van der Waals surface area (Å²) in [6.07, 6.45) is -1.10. The predicted molar refractivity (Wildman–Crippen MR) is 106 cm³/mol. The number of nitrogens with zero attached hydrogens (tertiary/aromatic N) is 1. The molecule has 1 unspecified atom stereocenters. The number of rotatable bonds is 9. The van der Waals surface area contributed by atoms with Gasteiger partial charge in [-0.1, -0.05) is 32.0 Å². The van der Waals surface area contributed by atoms with Crippen LogP contribution in [0.4, 0.5) is 5.69 Å². The van der Waals surface area contributed by atoms with Gasteiger partial charge in [-0.3, -0.25) is 14.9 Å². The van der Waals surface area contributed by atoms with Crippen LogP contribution in [0, 0.1) is 16.0 Å². The molecule has 29 heavy (non-hydrogen) atoms. The summed E-state index contributed by atoms with van der Waals surface area (Å²) in [5.74, 6) is -0.925. The van der Waals surface area contributed by atoms with Gasteiger partial charge in [0, 0.05) is 18.7 Å². The highest BCUT2D eigenvalue weighted by Gasteiger charge is 2.28. The first-order valence-corrected chi connectivity index (χ1v) is 10.4. The molecule has 2 rings (SSSR count). The first kappa shape index (κ1) is 22.5. The van der Waals surface area contributed by atoms with Crippen LogP contribution in [0.3, 0.4) is 0 Å². The van der Waals surface area contributed by atoms with Crippen LogP contribution >= 0.6 is 0 Å². The summed E-state index contributed by atoms with van der Waals surface area (Å²) in [4.78, 5) is 22.7. The van der Waals surface area contributed by atoms with Crippen molar-refractivity contribution in [3.8, 4) is 0 Å². The maximum absolute atomic E-state index is 12.5. The lowest BCUT2D eigenvalue weighted by Gasteiger charge is -2.22. The Morgan fingerprint density at radius 2 is 1.69 bits per heavy atom. The molecule has 0 heterocycles. The monoisotopic (exact) mass is 421 g/mol. The number of hydrogen-bond donors (Lipinski definition) is 3. The van der Waals surface area contributed by atoms with Crippen LogP contribution in [0.25, 0.3) is 0 Å². The molecule has 0 aliphatic rings. The number of hydrogen-bond acceptors (Lipinski definition) is 6. The summed E-state index contributed by atoms with van der Waals surface area (Å²) in [6, 6.07) is 12.0. The van der Waals surface area contributed by atoms with Crippen molar-refractivity contribution in [1.29, 1.82) is 0 Å². The van der Waals surface area contributed by atoms with E-state index in [0.29, 0.717) is 5.56 Å². The minimum absolute atomic E-state index is 0.0457. The van der Waals surface area contributed by atoms with Crippen LogP contribution < -0.4 is 10.0 Å². The first-order valence-electron chi connectivity index (χ1n) is 8.89. The van der Waals surface area contributed by atoms with Gasteiger partial charge in [-0.2, -0.15) is 4.72 Å². The zero-order valence-electron chi connectivity index (χ0n) is 16.0. The number of nitro groups is 1. The molecule has 2 atom stereocenters. The van der Waals surface area contributed by atoms with Crippen molar-refractivity contribution in [2.75, 3.05) is 6.54 Å². The van der Waals surface area contributed by atoms with Crippen molar-refractivity contribution in [3.63, 3.8) is 0 Å². The second-order valence-corrected chi connectivity index (χ2v) is 8.48. The van der Waals surface area contributed by atoms with Crippen molar-refractivity contribution in [2.24, 2.45) is 5.92 Å². The Hall–Kier alpha value is -2.82. The molecule has 2 aromatic carbocycles. The maximum Gasteiger partial charge on any atom is 0.269 e. The van der Waals surface area contributed by atoms with Crippen LogP contribution in [0.2, 0.25) is 0 Å². The average molecular weight is 421 g/mol. The van der Waals surface area contributed by atoms with Gasteiger partial charge in [0.15, 0.2) is 0 Å². The quantitative estimate of drug-likeness (QED) is 0.416. The number of aliphatic hydroxyl groups excluding tert-OH is 1. The highest BCUT2D eigenvalue weighted by molar-refractivity contribution is 7.89. The molecule has 10 heteroatoms. The molecule has 1 amide bonds. The molecule has 0 radical (unpaired) electrons. The Kier molecular flexibility index (Phi) is 7.43. The van der Waals surface area contributed by atoms with E-state index in [2.05, 4.69) is 10.0 Å². The molecule has 2 aromatic rings. The molecule has 0 aliphatic carbocycles. The fourth-order valence-corrected chi connectivity index (χ4v) is 3.94. The zero-order chi connectivity index (χ0) is 21.6. The summed E-state index contributed by atoms with van der Waals surface area (Å²) in [6.45, 7) is 3.22. The molecule has 9 nitrogen and oxygen atoms in total. The standard InChI is InChI=1S/C19H23N3O6S/c1-13(2)18(21-29(27,28)16-6-4-3-5-7-16)19(24)20-12-17(23)14-8-10-15(11-9-14)22(25)26/h3-11,13,17-18,21,23H,12H2,1-2H3,(H,20,24)/t17?,18-/m0/s1. The second kappa shape index (κ2) is 9.59. The minimum atomic E-state index is -3.89. The second-order valence-electron chi connectivity index (χ2n) is 6.77. The average Bonchev–Trinajstić information content (AvgIpc) is 2.70. The molecule has 0 saturated heterocycles. The largest absolute Gasteiger partial charge is 0.387 e. The number of sulfonamides is 1. The van der Waals surface area contributed by atoms with Gasteiger partial charge in [-0.25, -0.2) is 8.42 Å². The van der Waals surface area contributed by atoms with Gasteiger partial charge in [0.1, 0.15) is 6.04 Å². The highest BCUT2D eigenvalue weighted by Crippen LogP contribution is 2.17. The molecular weight excluding hydrogens is 398 g/mol.